The minimum absolute atomic E-state index is 0.0931. The lowest BCUT2D eigenvalue weighted by Gasteiger charge is -2.25. The Morgan fingerprint density at radius 2 is 1.80 bits per heavy atom. The van der Waals surface area contributed by atoms with Crippen molar-refractivity contribution in [2.45, 2.75) is 39.3 Å². The molecule has 3 aromatic rings. The fourth-order valence-electron chi connectivity index (χ4n) is 3.83. The first-order valence-electron chi connectivity index (χ1n) is 12.0. The van der Waals surface area contributed by atoms with E-state index in [-0.39, 0.29) is 18.3 Å². The highest BCUT2D eigenvalue weighted by molar-refractivity contribution is 5.44. The molecule has 0 spiro atoms. The van der Waals surface area contributed by atoms with Crippen LogP contribution in [-0.4, -0.2) is 65.9 Å². The summed E-state index contributed by atoms with van der Waals surface area (Å²) in [5.74, 6) is 0.219. The van der Waals surface area contributed by atoms with Gasteiger partial charge in [0.15, 0.2) is 11.6 Å². The van der Waals surface area contributed by atoms with Gasteiger partial charge in [-0.25, -0.2) is 9.07 Å². The van der Waals surface area contributed by atoms with E-state index in [4.69, 9.17) is 19.3 Å². The summed E-state index contributed by atoms with van der Waals surface area (Å²) >= 11 is 0. The maximum Gasteiger partial charge on any atom is 0.227 e. The number of para-hydroxylation sites is 2. The Balaban J connectivity index is 2.05. The summed E-state index contributed by atoms with van der Waals surface area (Å²) in [5.41, 5.74) is 2.50. The van der Waals surface area contributed by atoms with Crippen molar-refractivity contribution in [3.63, 3.8) is 0 Å². The second kappa shape index (κ2) is 13.3. The molecule has 0 fully saturated rings. The van der Waals surface area contributed by atoms with Crippen molar-refractivity contribution in [1.82, 2.24) is 14.7 Å². The molecule has 0 unspecified atom stereocenters. The van der Waals surface area contributed by atoms with Gasteiger partial charge in [0.2, 0.25) is 5.88 Å². The molecule has 0 bridgehead atoms. The van der Waals surface area contributed by atoms with Crippen molar-refractivity contribution >= 4 is 0 Å². The van der Waals surface area contributed by atoms with E-state index in [1.54, 1.807) is 30.0 Å². The number of hydrogen-bond acceptors (Lipinski definition) is 6. The molecule has 1 heterocycles. The Morgan fingerprint density at radius 1 is 1.09 bits per heavy atom. The standard InChI is InChI=1S/C27H36FN3O4/c1-5-34-19-22(32)17-30(15-16-33-4)18-23-26(20(2)3)29-31(21-11-7-6-8-12-21)27(23)35-25-14-10-9-13-24(25)28/h6-14,20,22,32H,5,15-19H2,1-4H3/t22-/m0/s1. The molecule has 0 aliphatic carbocycles. The number of rotatable bonds is 14. The quantitative estimate of drug-likeness (QED) is 0.355. The lowest BCUT2D eigenvalue weighted by atomic mass is 10.1. The number of benzene rings is 2. The Bertz CT molecular complexity index is 1040. The largest absolute Gasteiger partial charge is 0.435 e. The van der Waals surface area contributed by atoms with Gasteiger partial charge >= 0.3 is 0 Å². The van der Waals surface area contributed by atoms with Crippen LogP contribution in [0.1, 0.15) is 37.9 Å². The van der Waals surface area contributed by atoms with E-state index in [2.05, 4.69) is 18.7 Å². The highest BCUT2D eigenvalue weighted by Crippen LogP contribution is 2.35. The van der Waals surface area contributed by atoms with Crippen molar-refractivity contribution in [1.29, 1.82) is 0 Å². The van der Waals surface area contributed by atoms with Crippen molar-refractivity contribution in [2.24, 2.45) is 0 Å². The van der Waals surface area contributed by atoms with Crippen molar-refractivity contribution < 1.29 is 23.7 Å². The second-order valence-electron chi connectivity index (χ2n) is 8.64. The molecule has 1 atom stereocenters. The number of aliphatic hydroxyl groups is 1. The molecule has 1 N–H and O–H groups in total. The highest BCUT2D eigenvalue weighted by Gasteiger charge is 2.26. The minimum Gasteiger partial charge on any atom is -0.435 e. The summed E-state index contributed by atoms with van der Waals surface area (Å²) in [6.07, 6.45) is -0.658. The fraction of sp³-hybridized carbons (Fsp3) is 0.444. The first-order chi connectivity index (χ1) is 16.9. The topological polar surface area (TPSA) is 69.0 Å². The Morgan fingerprint density at radius 3 is 2.46 bits per heavy atom. The van der Waals surface area contributed by atoms with Gasteiger partial charge in [-0.3, -0.25) is 4.90 Å². The van der Waals surface area contributed by atoms with Gasteiger partial charge in [-0.2, -0.15) is 5.10 Å². The number of aliphatic hydroxyl groups excluding tert-OH is 1. The molecule has 0 aliphatic heterocycles. The predicted octanol–water partition coefficient (Wildman–Crippen LogP) is 4.77. The van der Waals surface area contributed by atoms with E-state index >= 15 is 0 Å². The zero-order chi connectivity index (χ0) is 25.2. The molecule has 1 aromatic heterocycles. The zero-order valence-electron chi connectivity index (χ0n) is 21.0. The van der Waals surface area contributed by atoms with Crippen LogP contribution < -0.4 is 4.74 Å². The van der Waals surface area contributed by atoms with Gasteiger partial charge in [-0.05, 0) is 37.1 Å². The van der Waals surface area contributed by atoms with Gasteiger partial charge in [0.1, 0.15) is 0 Å². The number of hydrogen-bond donors (Lipinski definition) is 1. The van der Waals surface area contributed by atoms with Crippen LogP contribution in [0.2, 0.25) is 0 Å². The van der Waals surface area contributed by atoms with Gasteiger partial charge < -0.3 is 19.3 Å². The summed E-state index contributed by atoms with van der Waals surface area (Å²) < 4.78 is 33.2. The summed E-state index contributed by atoms with van der Waals surface area (Å²) in [7, 11) is 1.65. The van der Waals surface area contributed by atoms with E-state index in [0.717, 1.165) is 16.9 Å². The third kappa shape index (κ3) is 7.35. The molecule has 3 rings (SSSR count). The predicted molar refractivity (Wildman–Crippen MR) is 134 cm³/mol. The van der Waals surface area contributed by atoms with Crippen LogP contribution in [0.3, 0.4) is 0 Å². The molecular weight excluding hydrogens is 449 g/mol. The first kappa shape index (κ1) is 26.8. The SMILES string of the molecule is CCOC[C@@H](O)CN(CCOC)Cc1c(C(C)C)nn(-c2ccccc2)c1Oc1ccccc1F. The Hall–Kier alpha value is -2.78. The summed E-state index contributed by atoms with van der Waals surface area (Å²) in [6.45, 7) is 8.73. The molecule has 8 heteroatoms. The van der Waals surface area contributed by atoms with Gasteiger partial charge in [0, 0.05) is 33.4 Å². The van der Waals surface area contributed by atoms with E-state index in [9.17, 15) is 9.50 Å². The maximum atomic E-state index is 14.6. The third-order valence-corrected chi connectivity index (χ3v) is 5.54. The zero-order valence-corrected chi connectivity index (χ0v) is 21.0. The fourth-order valence-corrected chi connectivity index (χ4v) is 3.83. The van der Waals surface area contributed by atoms with E-state index < -0.39 is 11.9 Å². The lowest BCUT2D eigenvalue weighted by Crippen LogP contribution is -2.36. The summed E-state index contributed by atoms with van der Waals surface area (Å²) in [6, 6.07) is 16.0. The minimum atomic E-state index is -0.658. The third-order valence-electron chi connectivity index (χ3n) is 5.54. The highest BCUT2D eigenvalue weighted by atomic mass is 19.1. The van der Waals surface area contributed by atoms with Crippen LogP contribution in [0.5, 0.6) is 11.6 Å². The molecule has 0 aliphatic rings. The monoisotopic (exact) mass is 485 g/mol. The molecule has 0 saturated heterocycles. The number of methoxy groups -OCH3 is 1. The molecule has 35 heavy (non-hydrogen) atoms. The van der Waals surface area contributed by atoms with Gasteiger partial charge in [-0.15, -0.1) is 0 Å². The van der Waals surface area contributed by atoms with Crippen molar-refractivity contribution in [3.8, 4) is 17.3 Å². The van der Waals surface area contributed by atoms with Gasteiger partial charge in [0.25, 0.3) is 0 Å². The second-order valence-corrected chi connectivity index (χ2v) is 8.64. The molecule has 0 saturated carbocycles. The number of ether oxygens (including phenoxy) is 3. The number of aromatic nitrogens is 2. The average Bonchev–Trinajstić information content (AvgIpc) is 3.21. The average molecular weight is 486 g/mol. The van der Waals surface area contributed by atoms with E-state index in [1.165, 1.54) is 6.07 Å². The normalized spacial score (nSPS) is 12.5. The van der Waals surface area contributed by atoms with Crippen LogP contribution >= 0.6 is 0 Å². The van der Waals surface area contributed by atoms with E-state index in [0.29, 0.717) is 38.7 Å². The molecule has 7 nitrogen and oxygen atoms in total. The van der Waals surface area contributed by atoms with Gasteiger partial charge in [-0.1, -0.05) is 44.2 Å². The molecule has 0 amide bonds. The van der Waals surface area contributed by atoms with E-state index in [1.807, 2.05) is 37.3 Å². The molecule has 190 valence electrons. The van der Waals surface area contributed by atoms with Gasteiger partial charge in [0.05, 0.1) is 36.3 Å². The van der Waals surface area contributed by atoms with Crippen molar-refractivity contribution in [3.05, 3.63) is 71.7 Å². The van der Waals surface area contributed by atoms with Crippen LogP contribution in [-0.2, 0) is 16.0 Å². The Labute approximate surface area is 207 Å². The number of nitrogens with zero attached hydrogens (tertiary/aromatic N) is 3. The maximum absolute atomic E-state index is 14.6. The van der Waals surface area contributed by atoms with Crippen LogP contribution in [0, 0.1) is 5.82 Å². The smallest absolute Gasteiger partial charge is 0.227 e. The van der Waals surface area contributed by atoms with Crippen LogP contribution in [0.4, 0.5) is 4.39 Å². The number of halogens is 1. The Kier molecular flexibility index (Phi) is 10.2. The van der Waals surface area contributed by atoms with Crippen LogP contribution in [0.15, 0.2) is 54.6 Å². The van der Waals surface area contributed by atoms with Crippen molar-refractivity contribution in [2.75, 3.05) is 40.0 Å². The molecule has 2 aromatic carbocycles. The first-order valence-corrected chi connectivity index (χ1v) is 12.0. The molecular formula is C27H36FN3O4. The summed E-state index contributed by atoms with van der Waals surface area (Å²) in [5, 5.41) is 15.4. The lowest BCUT2D eigenvalue weighted by molar-refractivity contribution is 0.0147. The summed E-state index contributed by atoms with van der Waals surface area (Å²) in [4.78, 5) is 2.08. The molecule has 0 radical (unpaired) electrons. The van der Waals surface area contributed by atoms with Crippen LogP contribution in [0.25, 0.3) is 5.69 Å².